The highest BCUT2D eigenvalue weighted by atomic mass is 16.2. The van der Waals surface area contributed by atoms with Gasteiger partial charge < -0.3 is 4.57 Å². The maximum atomic E-state index is 13.0. The number of imide groups is 1. The Morgan fingerprint density at radius 1 is 0.966 bits per heavy atom. The van der Waals surface area contributed by atoms with Gasteiger partial charge in [0.05, 0.1) is 11.1 Å². The lowest BCUT2D eigenvalue weighted by Gasteiger charge is -2.38. The average molecular weight is 387 g/mol. The van der Waals surface area contributed by atoms with Gasteiger partial charge in [-0.25, -0.2) is 0 Å². The van der Waals surface area contributed by atoms with Crippen LogP contribution in [-0.4, -0.2) is 44.7 Å². The van der Waals surface area contributed by atoms with Crippen molar-refractivity contribution in [2.24, 2.45) is 0 Å². The number of nitrogens with zero attached hydrogens (tertiary/aromatic N) is 3. The number of carbonyl (C=O) groups excluding carboxylic acids is 3. The van der Waals surface area contributed by atoms with E-state index in [0.717, 1.165) is 16.0 Å². The van der Waals surface area contributed by atoms with Crippen LogP contribution in [0.3, 0.4) is 0 Å². The summed E-state index contributed by atoms with van der Waals surface area (Å²) in [6, 6.07) is 17.1. The molecule has 1 atom stereocenters. The summed E-state index contributed by atoms with van der Waals surface area (Å²) in [4.78, 5) is 42.1. The standard InChI is InChI=1S/C23H21N3O3/c1-2-20(27)21(26-22(28)17-8-4-5-9-18(17)23(26)29)24-11-12-25-16(14-24)13-15-7-3-6-10-19(15)25/h3-10,13,21H,2,11-12,14H2,1H3. The molecule has 0 aliphatic carbocycles. The van der Waals surface area contributed by atoms with E-state index in [1.54, 1.807) is 31.2 Å². The van der Waals surface area contributed by atoms with Crippen molar-refractivity contribution in [1.82, 2.24) is 14.4 Å². The fourth-order valence-electron chi connectivity index (χ4n) is 4.51. The number of hydrogen-bond donors (Lipinski definition) is 0. The van der Waals surface area contributed by atoms with E-state index < -0.39 is 6.17 Å². The largest absolute Gasteiger partial charge is 0.342 e. The number of hydrogen-bond acceptors (Lipinski definition) is 4. The number of fused-ring (bicyclic) bond motifs is 4. The summed E-state index contributed by atoms with van der Waals surface area (Å²) in [5.74, 6) is -0.892. The van der Waals surface area contributed by atoms with Crippen LogP contribution >= 0.6 is 0 Å². The molecule has 1 unspecified atom stereocenters. The second kappa shape index (κ2) is 6.67. The summed E-state index contributed by atoms with van der Waals surface area (Å²) in [5.41, 5.74) is 3.00. The third-order valence-corrected chi connectivity index (χ3v) is 5.92. The summed E-state index contributed by atoms with van der Waals surface area (Å²) in [7, 11) is 0. The minimum Gasteiger partial charge on any atom is -0.342 e. The molecule has 2 amide bonds. The van der Waals surface area contributed by atoms with Gasteiger partial charge in [0.1, 0.15) is 0 Å². The normalized spacial score (nSPS) is 17.5. The number of Topliss-reactive ketones (excluding diaryl/α,β-unsaturated/α-hetero) is 1. The van der Waals surface area contributed by atoms with Crippen LogP contribution < -0.4 is 0 Å². The van der Waals surface area contributed by atoms with Crippen molar-refractivity contribution in [3.8, 4) is 0 Å². The maximum Gasteiger partial charge on any atom is 0.263 e. The van der Waals surface area contributed by atoms with Crippen LogP contribution in [-0.2, 0) is 17.9 Å². The number of rotatable bonds is 4. The Kier molecular flexibility index (Phi) is 4.10. The lowest BCUT2D eigenvalue weighted by Crippen LogP contribution is -2.56. The zero-order valence-electron chi connectivity index (χ0n) is 16.2. The molecule has 3 heterocycles. The molecule has 6 nitrogen and oxygen atoms in total. The first-order valence-corrected chi connectivity index (χ1v) is 9.91. The van der Waals surface area contributed by atoms with Gasteiger partial charge in [-0.15, -0.1) is 0 Å². The molecule has 0 saturated carbocycles. The molecule has 3 aromatic rings. The average Bonchev–Trinajstić information content (AvgIpc) is 3.24. The molecule has 1 aromatic heterocycles. The molecule has 6 heteroatoms. The Labute approximate surface area is 168 Å². The first kappa shape index (κ1) is 17.8. The van der Waals surface area contributed by atoms with E-state index >= 15 is 0 Å². The van der Waals surface area contributed by atoms with Crippen LogP contribution in [0.2, 0.25) is 0 Å². The van der Waals surface area contributed by atoms with Crippen LogP contribution in [0.5, 0.6) is 0 Å². The molecule has 0 fully saturated rings. The SMILES string of the molecule is CCC(=O)C(N1CCn2c(cc3ccccc32)C1)N1C(=O)c2ccccc2C1=O. The molecule has 146 valence electrons. The lowest BCUT2D eigenvalue weighted by atomic mass is 10.1. The van der Waals surface area contributed by atoms with Gasteiger partial charge in [0.2, 0.25) is 0 Å². The van der Waals surface area contributed by atoms with Crippen molar-refractivity contribution >= 4 is 28.5 Å². The number of benzene rings is 2. The van der Waals surface area contributed by atoms with E-state index in [-0.39, 0.29) is 24.0 Å². The van der Waals surface area contributed by atoms with Crippen LogP contribution in [0.4, 0.5) is 0 Å². The minimum atomic E-state index is -0.876. The molecule has 0 radical (unpaired) electrons. The van der Waals surface area contributed by atoms with Crippen molar-refractivity contribution < 1.29 is 14.4 Å². The molecule has 0 spiro atoms. The number of para-hydroxylation sites is 1. The Balaban J connectivity index is 1.52. The van der Waals surface area contributed by atoms with Crippen LogP contribution in [0.25, 0.3) is 10.9 Å². The van der Waals surface area contributed by atoms with E-state index in [1.165, 1.54) is 5.52 Å². The van der Waals surface area contributed by atoms with Crippen LogP contribution in [0.1, 0.15) is 39.8 Å². The zero-order valence-corrected chi connectivity index (χ0v) is 16.2. The first-order chi connectivity index (χ1) is 14.1. The molecule has 0 bridgehead atoms. The van der Waals surface area contributed by atoms with Crippen molar-refractivity contribution in [2.75, 3.05) is 6.54 Å². The molecule has 0 N–H and O–H groups in total. The topological polar surface area (TPSA) is 62.6 Å². The van der Waals surface area contributed by atoms with Crippen molar-refractivity contribution in [2.45, 2.75) is 32.6 Å². The van der Waals surface area contributed by atoms with Crippen molar-refractivity contribution in [3.05, 3.63) is 71.4 Å². The zero-order chi connectivity index (χ0) is 20.1. The molecule has 5 rings (SSSR count). The third kappa shape index (κ3) is 2.63. The number of amides is 2. The van der Waals surface area contributed by atoms with Gasteiger partial charge in [0.25, 0.3) is 11.8 Å². The van der Waals surface area contributed by atoms with Gasteiger partial charge in [-0.05, 0) is 29.7 Å². The van der Waals surface area contributed by atoms with Gasteiger partial charge >= 0.3 is 0 Å². The second-order valence-electron chi connectivity index (χ2n) is 7.54. The summed E-state index contributed by atoms with van der Waals surface area (Å²) >= 11 is 0. The van der Waals surface area contributed by atoms with Gasteiger partial charge in [-0.2, -0.15) is 0 Å². The fourth-order valence-corrected chi connectivity index (χ4v) is 4.51. The van der Waals surface area contributed by atoms with Gasteiger partial charge in [-0.3, -0.25) is 24.2 Å². The highest BCUT2D eigenvalue weighted by Crippen LogP contribution is 2.30. The van der Waals surface area contributed by atoms with E-state index in [0.29, 0.717) is 30.8 Å². The molecule has 2 aliphatic rings. The first-order valence-electron chi connectivity index (χ1n) is 9.91. The quantitative estimate of drug-likeness (QED) is 0.646. The maximum absolute atomic E-state index is 13.0. The highest BCUT2D eigenvalue weighted by Gasteiger charge is 2.45. The van der Waals surface area contributed by atoms with Crippen molar-refractivity contribution in [3.63, 3.8) is 0 Å². The molecule has 2 aliphatic heterocycles. The smallest absolute Gasteiger partial charge is 0.263 e. The monoisotopic (exact) mass is 387 g/mol. The predicted octanol–water partition coefficient (Wildman–Crippen LogP) is 3.06. The summed E-state index contributed by atoms with van der Waals surface area (Å²) in [6.07, 6.45) is -0.614. The van der Waals surface area contributed by atoms with Gasteiger partial charge in [0, 0.05) is 37.3 Å². The Hall–Kier alpha value is -3.25. The van der Waals surface area contributed by atoms with Crippen LogP contribution in [0.15, 0.2) is 54.6 Å². The molecular weight excluding hydrogens is 366 g/mol. The van der Waals surface area contributed by atoms with E-state index in [2.05, 4.69) is 22.8 Å². The van der Waals surface area contributed by atoms with Gasteiger partial charge in [-0.1, -0.05) is 37.3 Å². The summed E-state index contributed by atoms with van der Waals surface area (Å²) < 4.78 is 2.25. The Morgan fingerprint density at radius 3 is 2.31 bits per heavy atom. The fraction of sp³-hybridized carbons (Fsp3) is 0.261. The summed E-state index contributed by atoms with van der Waals surface area (Å²) in [6.45, 7) is 3.59. The van der Waals surface area contributed by atoms with E-state index in [1.807, 2.05) is 17.0 Å². The minimum absolute atomic E-state index is 0.121. The Morgan fingerprint density at radius 2 is 1.62 bits per heavy atom. The highest BCUT2D eigenvalue weighted by molar-refractivity contribution is 6.22. The number of ketones is 1. The molecule has 29 heavy (non-hydrogen) atoms. The Bertz CT molecular complexity index is 1130. The predicted molar refractivity (Wildman–Crippen MR) is 108 cm³/mol. The second-order valence-corrected chi connectivity index (χ2v) is 7.54. The lowest BCUT2D eigenvalue weighted by molar-refractivity contribution is -0.129. The van der Waals surface area contributed by atoms with Crippen molar-refractivity contribution in [1.29, 1.82) is 0 Å². The molecule has 0 saturated heterocycles. The van der Waals surface area contributed by atoms with E-state index in [4.69, 9.17) is 0 Å². The molecular formula is C23H21N3O3. The third-order valence-electron chi connectivity index (χ3n) is 5.92. The van der Waals surface area contributed by atoms with Crippen LogP contribution in [0, 0.1) is 0 Å². The van der Waals surface area contributed by atoms with Gasteiger partial charge in [0.15, 0.2) is 11.9 Å². The van der Waals surface area contributed by atoms with E-state index in [9.17, 15) is 14.4 Å². The number of aromatic nitrogens is 1. The summed E-state index contributed by atoms with van der Waals surface area (Å²) in [5, 5.41) is 1.16. The number of carbonyl (C=O) groups is 3. The molecule has 2 aromatic carbocycles.